The third-order valence-electron chi connectivity index (χ3n) is 3.57. The molecule has 0 aliphatic rings. The molecule has 0 radical (unpaired) electrons. The van der Waals surface area contributed by atoms with E-state index in [1.54, 1.807) is 31.4 Å². The summed E-state index contributed by atoms with van der Waals surface area (Å²) in [5.41, 5.74) is 0.462. The molecule has 0 unspecified atom stereocenters. The number of hydrogen-bond donors (Lipinski definition) is 0. The van der Waals surface area contributed by atoms with Crippen molar-refractivity contribution >= 4 is 23.1 Å². The van der Waals surface area contributed by atoms with E-state index in [1.807, 2.05) is 0 Å². The molecule has 0 bridgehead atoms. The Morgan fingerprint density at radius 3 is 2.44 bits per heavy atom. The van der Waals surface area contributed by atoms with Crippen molar-refractivity contribution in [3.05, 3.63) is 68.3 Å². The van der Waals surface area contributed by atoms with E-state index in [2.05, 4.69) is 10.2 Å². The Labute approximate surface area is 156 Å². The lowest BCUT2D eigenvalue weighted by Crippen LogP contribution is -1.96. The highest BCUT2D eigenvalue weighted by Crippen LogP contribution is 2.31. The second-order valence-corrected chi connectivity index (χ2v) is 6.14. The maximum atomic E-state index is 11.1. The van der Waals surface area contributed by atoms with E-state index in [4.69, 9.17) is 9.15 Å². The van der Waals surface area contributed by atoms with E-state index < -0.39 is 9.85 Å². The van der Waals surface area contributed by atoms with Gasteiger partial charge in [0.15, 0.2) is 0 Å². The monoisotopic (exact) mass is 388 g/mol. The second kappa shape index (κ2) is 7.83. The number of hydrogen-bond acceptors (Lipinski definition) is 9. The first-order valence-corrected chi connectivity index (χ1v) is 8.49. The van der Waals surface area contributed by atoms with E-state index >= 15 is 0 Å². The van der Waals surface area contributed by atoms with Crippen molar-refractivity contribution in [2.75, 3.05) is 7.11 Å². The van der Waals surface area contributed by atoms with Gasteiger partial charge in [-0.25, -0.2) is 0 Å². The molecule has 27 heavy (non-hydrogen) atoms. The van der Waals surface area contributed by atoms with Gasteiger partial charge in [-0.2, -0.15) is 0 Å². The molecule has 138 valence electrons. The molecule has 0 N–H and O–H groups in total. The summed E-state index contributed by atoms with van der Waals surface area (Å²) >= 11 is 1.06. The minimum absolute atomic E-state index is 0.0717. The predicted octanol–water partition coefficient (Wildman–Crippen LogP) is 3.85. The van der Waals surface area contributed by atoms with Crippen molar-refractivity contribution in [3.8, 4) is 17.2 Å². The zero-order valence-electron chi connectivity index (χ0n) is 13.9. The average molecular weight is 388 g/mol. The summed E-state index contributed by atoms with van der Waals surface area (Å²) in [6.45, 7) is 0. The molecule has 0 saturated heterocycles. The predicted molar refractivity (Wildman–Crippen MR) is 95.6 cm³/mol. The Morgan fingerprint density at radius 2 is 1.81 bits per heavy atom. The smallest absolute Gasteiger partial charge is 0.277 e. The van der Waals surface area contributed by atoms with Crippen molar-refractivity contribution in [3.63, 3.8) is 0 Å². The van der Waals surface area contributed by atoms with Crippen LogP contribution in [0.15, 0.2) is 52.1 Å². The fourth-order valence-electron chi connectivity index (χ4n) is 2.24. The van der Waals surface area contributed by atoms with E-state index in [1.165, 1.54) is 6.07 Å². The molecule has 3 aromatic rings. The lowest BCUT2D eigenvalue weighted by atomic mass is 10.2. The van der Waals surface area contributed by atoms with Crippen LogP contribution in [-0.2, 0) is 5.75 Å². The molecule has 0 aliphatic carbocycles. The van der Waals surface area contributed by atoms with Crippen LogP contribution >= 0.6 is 11.8 Å². The topological polar surface area (TPSA) is 134 Å². The summed E-state index contributed by atoms with van der Waals surface area (Å²) in [6, 6.07) is 10.4. The molecular formula is C16H12N4O6S. The van der Waals surface area contributed by atoms with E-state index in [0.717, 1.165) is 23.9 Å². The number of aromatic nitrogens is 2. The maximum absolute atomic E-state index is 11.1. The molecule has 3 rings (SSSR count). The van der Waals surface area contributed by atoms with Crippen LogP contribution in [0.2, 0.25) is 0 Å². The quantitative estimate of drug-likeness (QED) is 0.336. The lowest BCUT2D eigenvalue weighted by Gasteiger charge is -2.01. The number of methoxy groups -OCH3 is 1. The molecule has 0 spiro atoms. The minimum Gasteiger partial charge on any atom is -0.497 e. The third-order valence-corrected chi connectivity index (χ3v) is 4.43. The first kappa shape index (κ1) is 18.3. The van der Waals surface area contributed by atoms with Crippen molar-refractivity contribution in [1.82, 2.24) is 10.2 Å². The van der Waals surface area contributed by atoms with Crippen molar-refractivity contribution < 1.29 is 19.0 Å². The lowest BCUT2D eigenvalue weighted by molar-refractivity contribution is -0.389. The molecule has 0 amide bonds. The molecule has 0 fully saturated rings. The molecule has 2 aromatic carbocycles. The van der Waals surface area contributed by atoms with Gasteiger partial charge in [0, 0.05) is 35.1 Å². The average Bonchev–Trinajstić information content (AvgIpc) is 3.15. The van der Waals surface area contributed by atoms with Crippen LogP contribution in [0.25, 0.3) is 11.5 Å². The molecule has 11 heteroatoms. The normalized spacial score (nSPS) is 10.6. The van der Waals surface area contributed by atoms with Gasteiger partial charge in [-0.3, -0.25) is 20.2 Å². The first-order valence-electron chi connectivity index (χ1n) is 7.50. The van der Waals surface area contributed by atoms with Gasteiger partial charge in [-0.1, -0.05) is 11.8 Å². The zero-order chi connectivity index (χ0) is 19.4. The molecule has 1 heterocycles. The third kappa shape index (κ3) is 4.20. The molecule has 0 saturated carbocycles. The number of nitro benzene ring substituents is 2. The Morgan fingerprint density at radius 1 is 1.07 bits per heavy atom. The van der Waals surface area contributed by atoms with Crippen LogP contribution in [0.4, 0.5) is 11.4 Å². The number of benzene rings is 2. The molecule has 10 nitrogen and oxygen atoms in total. The Bertz CT molecular complexity index is 989. The van der Waals surface area contributed by atoms with Crippen LogP contribution in [0, 0.1) is 20.2 Å². The Kier molecular flexibility index (Phi) is 5.31. The fraction of sp³-hybridized carbons (Fsp3) is 0.125. The summed E-state index contributed by atoms with van der Waals surface area (Å²) < 4.78 is 10.6. The van der Waals surface area contributed by atoms with Gasteiger partial charge in [0.1, 0.15) is 5.75 Å². The van der Waals surface area contributed by atoms with Crippen molar-refractivity contribution in [2.24, 2.45) is 0 Å². The first-order chi connectivity index (χ1) is 13.0. The van der Waals surface area contributed by atoms with Gasteiger partial charge in [0.2, 0.25) is 5.89 Å². The summed E-state index contributed by atoms with van der Waals surface area (Å²) in [6.07, 6.45) is 0. The van der Waals surface area contributed by atoms with Crippen LogP contribution in [-0.4, -0.2) is 27.2 Å². The van der Waals surface area contributed by atoms with Crippen LogP contribution in [0.5, 0.6) is 5.75 Å². The van der Waals surface area contributed by atoms with Crippen molar-refractivity contribution in [2.45, 2.75) is 11.0 Å². The van der Waals surface area contributed by atoms with Crippen molar-refractivity contribution in [1.29, 1.82) is 0 Å². The number of thioether (sulfide) groups is 1. The number of nitro groups is 2. The summed E-state index contributed by atoms with van der Waals surface area (Å²) in [4.78, 5) is 20.8. The molecule has 1 aromatic heterocycles. The van der Waals surface area contributed by atoms with Gasteiger partial charge in [0.05, 0.1) is 17.0 Å². The minimum atomic E-state index is -0.605. The van der Waals surface area contributed by atoms with Crippen LogP contribution in [0.3, 0.4) is 0 Å². The van der Waals surface area contributed by atoms with Gasteiger partial charge < -0.3 is 9.15 Å². The fourth-order valence-corrected chi connectivity index (χ4v) is 2.98. The molecule has 0 atom stereocenters. The van der Waals surface area contributed by atoms with E-state index in [-0.39, 0.29) is 33.8 Å². The zero-order valence-corrected chi connectivity index (χ0v) is 14.7. The Hall–Kier alpha value is -3.47. The van der Waals surface area contributed by atoms with E-state index in [0.29, 0.717) is 11.3 Å². The highest BCUT2D eigenvalue weighted by atomic mass is 32.2. The Balaban J connectivity index is 1.77. The molecular weight excluding hydrogens is 376 g/mol. The van der Waals surface area contributed by atoms with Crippen LogP contribution in [0.1, 0.15) is 5.56 Å². The van der Waals surface area contributed by atoms with Crippen LogP contribution < -0.4 is 4.74 Å². The van der Waals surface area contributed by atoms with Gasteiger partial charge in [-0.05, 0) is 24.3 Å². The van der Waals surface area contributed by atoms with Gasteiger partial charge >= 0.3 is 0 Å². The SMILES string of the molecule is COc1ccc(-c2nnc(SCc3cc([N+](=O)[O-])ccc3[N+](=O)[O-])o2)cc1. The number of ether oxygens (including phenoxy) is 1. The summed E-state index contributed by atoms with van der Waals surface area (Å²) in [7, 11) is 1.56. The largest absolute Gasteiger partial charge is 0.497 e. The highest BCUT2D eigenvalue weighted by molar-refractivity contribution is 7.98. The van der Waals surface area contributed by atoms with Gasteiger partial charge in [-0.15, -0.1) is 10.2 Å². The summed E-state index contributed by atoms with van der Waals surface area (Å²) in [5.74, 6) is 1.04. The summed E-state index contributed by atoms with van der Waals surface area (Å²) in [5, 5.41) is 30.0. The standard InChI is InChI=1S/C16H12N4O6S/c1-25-13-5-2-10(3-6-13)15-17-18-16(26-15)27-9-11-8-12(19(21)22)4-7-14(11)20(23)24/h2-8H,9H2,1H3. The highest BCUT2D eigenvalue weighted by Gasteiger charge is 2.19. The number of rotatable bonds is 7. The van der Waals surface area contributed by atoms with E-state index in [9.17, 15) is 20.2 Å². The number of nitrogens with zero attached hydrogens (tertiary/aromatic N) is 4. The van der Waals surface area contributed by atoms with Gasteiger partial charge in [0.25, 0.3) is 16.6 Å². The molecule has 0 aliphatic heterocycles. The maximum Gasteiger partial charge on any atom is 0.277 e. The number of non-ortho nitro benzene ring substituents is 1. The second-order valence-electron chi connectivity index (χ2n) is 5.22.